The molecule has 1 heterocycles. The van der Waals surface area contributed by atoms with Gasteiger partial charge in [-0.2, -0.15) is 0 Å². The van der Waals surface area contributed by atoms with Gasteiger partial charge in [0.25, 0.3) is 5.91 Å². The Kier molecular flexibility index (Phi) is 4.95. The quantitative estimate of drug-likeness (QED) is 0.626. The second-order valence-electron chi connectivity index (χ2n) is 6.36. The third-order valence-corrected chi connectivity index (χ3v) is 4.81. The molecular weight excluding hydrogens is 346 g/mol. The highest BCUT2D eigenvalue weighted by Gasteiger charge is 2.30. The largest absolute Gasteiger partial charge is 0.508 e. The van der Waals surface area contributed by atoms with Crippen LogP contribution in [0.1, 0.15) is 29.7 Å². The summed E-state index contributed by atoms with van der Waals surface area (Å²) in [5.74, 6) is -0.0240. The van der Waals surface area contributed by atoms with Gasteiger partial charge in [0, 0.05) is 11.4 Å². The maximum atomic E-state index is 13.1. The van der Waals surface area contributed by atoms with E-state index >= 15 is 0 Å². The third-order valence-electron chi connectivity index (χ3n) is 4.59. The number of phenols is 1. The fraction of sp³-hybridized carbons (Fsp3) is 0.200. The summed E-state index contributed by atoms with van der Waals surface area (Å²) in [6.45, 7) is 5.83. The van der Waals surface area contributed by atoms with E-state index in [2.05, 4.69) is 16.0 Å². The van der Waals surface area contributed by atoms with E-state index in [-0.39, 0.29) is 11.7 Å². The molecule has 0 saturated heterocycles. The number of thiocarbonyl (C=S) groups is 1. The molecule has 1 amide bonds. The molecular formula is C20H21N3O2S. The standard InChI is InChI=1S/C20H21N3O2S/c1-11-5-4-6-16(12(11)2)22-19(25)17-13(3)21-20(26)23-18(17)14-7-9-15(24)10-8-14/h4-10,18,24H,1-3H3,(H,22,25)(H2,21,23,26)/t18-/m0/s1. The average Bonchev–Trinajstić information content (AvgIpc) is 2.59. The number of phenolic OH excluding ortho intramolecular Hbond substituents is 1. The Morgan fingerprint density at radius 1 is 1.12 bits per heavy atom. The second kappa shape index (κ2) is 7.17. The van der Waals surface area contributed by atoms with Crippen LogP contribution in [-0.4, -0.2) is 16.1 Å². The number of hydrogen-bond donors (Lipinski definition) is 4. The fourth-order valence-electron chi connectivity index (χ4n) is 2.99. The van der Waals surface area contributed by atoms with E-state index < -0.39 is 6.04 Å². The summed E-state index contributed by atoms with van der Waals surface area (Å²) in [5.41, 5.74) is 5.04. The number of amides is 1. The molecule has 5 nitrogen and oxygen atoms in total. The fourth-order valence-corrected chi connectivity index (χ4v) is 3.26. The van der Waals surface area contributed by atoms with Crippen LogP contribution in [0, 0.1) is 13.8 Å². The van der Waals surface area contributed by atoms with E-state index in [1.807, 2.05) is 39.0 Å². The van der Waals surface area contributed by atoms with Gasteiger partial charge in [-0.05, 0) is 67.9 Å². The van der Waals surface area contributed by atoms with Crippen LogP contribution in [0.3, 0.4) is 0 Å². The zero-order valence-electron chi connectivity index (χ0n) is 14.9. The molecule has 6 heteroatoms. The molecule has 0 saturated carbocycles. The highest BCUT2D eigenvalue weighted by molar-refractivity contribution is 7.80. The molecule has 134 valence electrons. The summed E-state index contributed by atoms with van der Waals surface area (Å²) < 4.78 is 0. The van der Waals surface area contributed by atoms with Crippen molar-refractivity contribution in [3.05, 3.63) is 70.4 Å². The van der Waals surface area contributed by atoms with Crippen molar-refractivity contribution in [3.8, 4) is 5.75 Å². The van der Waals surface area contributed by atoms with Gasteiger partial charge in [0.1, 0.15) is 5.75 Å². The molecule has 0 bridgehead atoms. The maximum Gasteiger partial charge on any atom is 0.255 e. The monoisotopic (exact) mass is 367 g/mol. The lowest BCUT2D eigenvalue weighted by atomic mass is 9.94. The van der Waals surface area contributed by atoms with Crippen molar-refractivity contribution in [3.63, 3.8) is 0 Å². The van der Waals surface area contributed by atoms with Gasteiger partial charge in [0.2, 0.25) is 0 Å². The minimum atomic E-state index is -0.394. The molecule has 2 aromatic carbocycles. The van der Waals surface area contributed by atoms with Crippen molar-refractivity contribution in [2.45, 2.75) is 26.8 Å². The third kappa shape index (κ3) is 3.55. The molecule has 2 aromatic rings. The van der Waals surface area contributed by atoms with Gasteiger partial charge in [-0.3, -0.25) is 4.79 Å². The second-order valence-corrected chi connectivity index (χ2v) is 6.77. The Hall–Kier alpha value is -2.86. The SMILES string of the molecule is CC1=C(C(=O)Nc2cccc(C)c2C)[C@H](c2ccc(O)cc2)NC(=S)N1. The van der Waals surface area contributed by atoms with E-state index in [0.717, 1.165) is 22.4 Å². The lowest BCUT2D eigenvalue weighted by Gasteiger charge is -2.30. The summed E-state index contributed by atoms with van der Waals surface area (Å²) >= 11 is 5.26. The Morgan fingerprint density at radius 2 is 1.81 bits per heavy atom. The number of aryl methyl sites for hydroxylation is 1. The maximum absolute atomic E-state index is 13.1. The van der Waals surface area contributed by atoms with Crippen LogP contribution in [0.5, 0.6) is 5.75 Å². The first-order chi connectivity index (χ1) is 12.4. The predicted molar refractivity (Wildman–Crippen MR) is 107 cm³/mol. The van der Waals surface area contributed by atoms with Crippen LogP contribution in [0.4, 0.5) is 5.69 Å². The Morgan fingerprint density at radius 3 is 2.50 bits per heavy atom. The average molecular weight is 367 g/mol. The summed E-state index contributed by atoms with van der Waals surface area (Å²) in [6.07, 6.45) is 0. The van der Waals surface area contributed by atoms with Gasteiger partial charge >= 0.3 is 0 Å². The molecule has 3 rings (SSSR count). The minimum absolute atomic E-state index is 0.173. The summed E-state index contributed by atoms with van der Waals surface area (Å²) in [6, 6.07) is 12.2. The van der Waals surface area contributed by atoms with E-state index in [9.17, 15) is 9.90 Å². The topological polar surface area (TPSA) is 73.4 Å². The molecule has 1 aliphatic rings. The number of hydrogen-bond acceptors (Lipinski definition) is 3. The normalized spacial score (nSPS) is 16.7. The Bertz CT molecular complexity index is 904. The van der Waals surface area contributed by atoms with Crippen LogP contribution in [0.25, 0.3) is 0 Å². The number of carbonyl (C=O) groups excluding carboxylic acids is 1. The van der Waals surface area contributed by atoms with E-state index in [4.69, 9.17) is 12.2 Å². The van der Waals surface area contributed by atoms with Gasteiger partial charge in [-0.25, -0.2) is 0 Å². The first kappa shape index (κ1) is 17.9. The molecule has 4 N–H and O–H groups in total. The summed E-state index contributed by atoms with van der Waals surface area (Å²) in [7, 11) is 0. The van der Waals surface area contributed by atoms with E-state index in [1.54, 1.807) is 24.3 Å². The first-order valence-electron chi connectivity index (χ1n) is 8.31. The number of rotatable bonds is 3. The molecule has 0 unspecified atom stereocenters. The van der Waals surface area contributed by atoms with Crippen LogP contribution in [0.2, 0.25) is 0 Å². The van der Waals surface area contributed by atoms with E-state index in [1.165, 1.54) is 0 Å². The molecule has 26 heavy (non-hydrogen) atoms. The smallest absolute Gasteiger partial charge is 0.255 e. The van der Waals surface area contributed by atoms with Crippen LogP contribution in [-0.2, 0) is 4.79 Å². The number of allylic oxidation sites excluding steroid dienone is 1. The lowest BCUT2D eigenvalue weighted by Crippen LogP contribution is -2.45. The molecule has 1 atom stereocenters. The molecule has 0 fully saturated rings. The summed E-state index contributed by atoms with van der Waals surface area (Å²) in [5, 5.41) is 19.2. The van der Waals surface area contributed by atoms with Gasteiger partial charge in [-0.1, -0.05) is 24.3 Å². The number of aromatic hydroxyl groups is 1. The highest BCUT2D eigenvalue weighted by atomic mass is 32.1. The van der Waals surface area contributed by atoms with Crippen molar-refractivity contribution in [1.29, 1.82) is 0 Å². The number of nitrogens with one attached hydrogen (secondary N) is 3. The van der Waals surface area contributed by atoms with Crippen molar-refractivity contribution >= 4 is 28.9 Å². The first-order valence-corrected chi connectivity index (χ1v) is 8.72. The predicted octanol–water partition coefficient (Wildman–Crippen LogP) is 3.44. The van der Waals surface area contributed by atoms with Gasteiger partial charge in [-0.15, -0.1) is 0 Å². The number of anilines is 1. The van der Waals surface area contributed by atoms with Gasteiger partial charge in [0.05, 0.1) is 11.6 Å². The molecule has 0 aliphatic carbocycles. The van der Waals surface area contributed by atoms with Crippen molar-refractivity contribution in [2.24, 2.45) is 0 Å². The molecule has 0 spiro atoms. The lowest BCUT2D eigenvalue weighted by molar-refractivity contribution is -0.113. The number of benzene rings is 2. The Balaban J connectivity index is 1.96. The van der Waals surface area contributed by atoms with Crippen molar-refractivity contribution in [1.82, 2.24) is 10.6 Å². The molecule has 0 radical (unpaired) electrons. The molecule has 0 aromatic heterocycles. The van der Waals surface area contributed by atoms with E-state index in [0.29, 0.717) is 16.4 Å². The van der Waals surface area contributed by atoms with Gasteiger partial charge < -0.3 is 21.1 Å². The Labute approximate surface area is 158 Å². The van der Waals surface area contributed by atoms with Gasteiger partial charge in [0.15, 0.2) is 5.11 Å². The molecule has 1 aliphatic heterocycles. The zero-order valence-corrected chi connectivity index (χ0v) is 15.7. The zero-order chi connectivity index (χ0) is 18.8. The summed E-state index contributed by atoms with van der Waals surface area (Å²) in [4.78, 5) is 13.1. The van der Waals surface area contributed by atoms with Crippen LogP contribution < -0.4 is 16.0 Å². The number of carbonyl (C=O) groups is 1. The minimum Gasteiger partial charge on any atom is -0.508 e. The van der Waals surface area contributed by atoms with Crippen LogP contribution >= 0.6 is 12.2 Å². The van der Waals surface area contributed by atoms with Crippen molar-refractivity contribution in [2.75, 3.05) is 5.32 Å². The van der Waals surface area contributed by atoms with Crippen LogP contribution in [0.15, 0.2) is 53.7 Å². The highest BCUT2D eigenvalue weighted by Crippen LogP contribution is 2.29. The van der Waals surface area contributed by atoms with Crippen molar-refractivity contribution < 1.29 is 9.90 Å².